The van der Waals surface area contributed by atoms with Crippen LogP contribution in [0.25, 0.3) is 77.3 Å². The van der Waals surface area contributed by atoms with Gasteiger partial charge in [-0.25, -0.2) is 9.97 Å². The molecule has 3 nitrogen and oxygen atoms in total. The first kappa shape index (κ1) is 32.3. The first-order valence-electron chi connectivity index (χ1n) is 18.7. The van der Waals surface area contributed by atoms with Crippen LogP contribution in [0.5, 0.6) is 0 Å². The fraction of sp³-hybridized carbons (Fsp3) is 0. The van der Waals surface area contributed by atoms with Gasteiger partial charge in [-0.2, -0.15) is 0 Å². The van der Waals surface area contributed by atoms with Crippen LogP contribution in [0.1, 0.15) is 0 Å². The number of nitrogens with zero attached hydrogens (tertiary/aromatic N) is 3. The lowest BCUT2D eigenvalue weighted by Crippen LogP contribution is -2.09. The van der Waals surface area contributed by atoms with E-state index >= 15 is 0 Å². The lowest BCUT2D eigenvalue weighted by atomic mass is 9.93. The second-order valence-electron chi connectivity index (χ2n) is 13.8. The van der Waals surface area contributed by atoms with Crippen molar-refractivity contribution in [2.75, 3.05) is 4.90 Å². The molecule has 10 aromatic rings. The zero-order valence-corrected chi connectivity index (χ0v) is 30.0. The number of anilines is 3. The largest absolute Gasteiger partial charge is 0.310 e. The van der Waals surface area contributed by atoms with Gasteiger partial charge in [0.1, 0.15) is 0 Å². The minimum atomic E-state index is 0.942. The Morgan fingerprint density at radius 2 is 0.855 bits per heavy atom. The Balaban J connectivity index is 1.19. The highest BCUT2D eigenvalue weighted by atomic mass is 15.1. The molecule has 0 atom stereocenters. The van der Waals surface area contributed by atoms with Crippen molar-refractivity contribution < 1.29 is 0 Å². The number of rotatable bonds is 7. The predicted molar refractivity (Wildman–Crippen MR) is 231 cm³/mol. The number of fused-ring (bicyclic) bond motifs is 5. The molecule has 0 N–H and O–H groups in total. The van der Waals surface area contributed by atoms with Gasteiger partial charge in [-0.3, -0.25) is 0 Å². The molecule has 0 amide bonds. The molecule has 0 aliphatic rings. The van der Waals surface area contributed by atoms with Crippen LogP contribution in [-0.2, 0) is 0 Å². The number of aromatic nitrogens is 2. The minimum Gasteiger partial charge on any atom is -0.310 e. The van der Waals surface area contributed by atoms with Crippen molar-refractivity contribution in [1.82, 2.24) is 9.97 Å². The lowest BCUT2D eigenvalue weighted by Gasteiger charge is -2.26. The molecule has 0 spiro atoms. The van der Waals surface area contributed by atoms with Crippen molar-refractivity contribution in [3.05, 3.63) is 212 Å². The fourth-order valence-electron chi connectivity index (χ4n) is 7.78. The van der Waals surface area contributed by atoms with Crippen molar-refractivity contribution in [1.29, 1.82) is 0 Å². The van der Waals surface area contributed by atoms with Crippen LogP contribution in [0.3, 0.4) is 0 Å². The topological polar surface area (TPSA) is 29.0 Å². The molecule has 0 fully saturated rings. The van der Waals surface area contributed by atoms with Gasteiger partial charge < -0.3 is 4.90 Å². The van der Waals surface area contributed by atoms with Crippen molar-refractivity contribution in [2.24, 2.45) is 0 Å². The van der Waals surface area contributed by atoms with Crippen LogP contribution in [0, 0.1) is 0 Å². The van der Waals surface area contributed by atoms with E-state index in [1.54, 1.807) is 0 Å². The Morgan fingerprint density at radius 3 is 1.51 bits per heavy atom. The highest BCUT2D eigenvalue weighted by molar-refractivity contribution is 6.22. The Bertz CT molecular complexity index is 2860. The average molecular weight is 702 g/mol. The van der Waals surface area contributed by atoms with Crippen LogP contribution in [0.2, 0.25) is 0 Å². The van der Waals surface area contributed by atoms with E-state index in [0.717, 1.165) is 78.3 Å². The zero-order chi connectivity index (χ0) is 36.6. The van der Waals surface area contributed by atoms with Gasteiger partial charge in [0.25, 0.3) is 0 Å². The van der Waals surface area contributed by atoms with E-state index < -0.39 is 0 Å². The van der Waals surface area contributed by atoms with E-state index in [1.807, 2.05) is 12.1 Å². The lowest BCUT2D eigenvalue weighted by molar-refractivity contribution is 1.28. The third-order valence-electron chi connectivity index (χ3n) is 10.4. The SMILES string of the molecule is c1ccc(-c2cc(-c3cccc(-c4nc5cc(N(c6ccccc6)c6ccccc6)ccc5c5c4ccc4ccccc45)c3)cc(-c3ccccc3)n2)cc1. The molecular weight excluding hydrogens is 667 g/mol. The van der Waals surface area contributed by atoms with Gasteiger partial charge in [0.2, 0.25) is 0 Å². The van der Waals surface area contributed by atoms with Crippen LogP contribution in [0.15, 0.2) is 212 Å². The maximum absolute atomic E-state index is 5.54. The molecule has 2 aromatic heterocycles. The van der Waals surface area contributed by atoms with Crippen LogP contribution < -0.4 is 4.90 Å². The average Bonchev–Trinajstić information content (AvgIpc) is 3.27. The van der Waals surface area contributed by atoms with E-state index in [2.05, 4.69) is 205 Å². The van der Waals surface area contributed by atoms with Gasteiger partial charge in [0, 0.05) is 49.9 Å². The quantitative estimate of drug-likeness (QED) is 0.155. The molecule has 2 heterocycles. The third-order valence-corrected chi connectivity index (χ3v) is 10.4. The third kappa shape index (κ3) is 6.08. The molecule has 0 aliphatic heterocycles. The summed E-state index contributed by atoms with van der Waals surface area (Å²) < 4.78 is 0. The molecule has 0 saturated carbocycles. The van der Waals surface area contributed by atoms with Crippen LogP contribution in [0.4, 0.5) is 17.1 Å². The van der Waals surface area contributed by atoms with Crippen molar-refractivity contribution in [2.45, 2.75) is 0 Å². The Kier molecular flexibility index (Phi) is 8.16. The van der Waals surface area contributed by atoms with Crippen molar-refractivity contribution in [3.8, 4) is 44.9 Å². The standard InChI is InChI=1S/C52H35N3/c1-5-17-37(18-6-1)48-33-41(34-49(53-48)38-19-7-2-8-20-38)39-21-15-22-40(32-39)52-47-30-28-36-16-13-14-27-45(36)51(47)46-31-29-44(35-50(46)54-52)55(42-23-9-3-10-24-42)43-25-11-4-12-26-43/h1-35H. The number of benzene rings is 8. The van der Waals surface area contributed by atoms with Gasteiger partial charge in [-0.1, -0.05) is 158 Å². The minimum absolute atomic E-state index is 0.942. The molecule has 3 heteroatoms. The molecule has 0 unspecified atom stereocenters. The summed E-state index contributed by atoms with van der Waals surface area (Å²) in [4.78, 5) is 13.0. The first-order valence-corrected chi connectivity index (χ1v) is 18.7. The van der Waals surface area contributed by atoms with Gasteiger partial charge in [0.05, 0.1) is 22.6 Å². The Labute approximate surface area is 320 Å². The smallest absolute Gasteiger partial charge is 0.0788 e. The molecule has 0 aliphatic carbocycles. The fourth-order valence-corrected chi connectivity index (χ4v) is 7.78. The van der Waals surface area contributed by atoms with E-state index in [1.165, 1.54) is 16.2 Å². The summed E-state index contributed by atoms with van der Waals surface area (Å²) in [6.45, 7) is 0. The van der Waals surface area contributed by atoms with Crippen LogP contribution >= 0.6 is 0 Å². The van der Waals surface area contributed by atoms with Crippen LogP contribution in [-0.4, -0.2) is 9.97 Å². The summed E-state index contributed by atoms with van der Waals surface area (Å²) in [5, 5.41) is 5.90. The van der Waals surface area contributed by atoms with E-state index in [0.29, 0.717) is 0 Å². The highest BCUT2D eigenvalue weighted by Gasteiger charge is 2.18. The normalized spacial score (nSPS) is 11.3. The molecule has 0 bridgehead atoms. The predicted octanol–water partition coefficient (Wildman–Crippen LogP) is 14.1. The van der Waals surface area contributed by atoms with Gasteiger partial charge in [-0.15, -0.1) is 0 Å². The highest BCUT2D eigenvalue weighted by Crippen LogP contribution is 2.41. The zero-order valence-electron chi connectivity index (χ0n) is 30.0. The summed E-state index contributed by atoms with van der Waals surface area (Å²) in [6.07, 6.45) is 0. The van der Waals surface area contributed by atoms with Crippen molar-refractivity contribution >= 4 is 49.5 Å². The molecular formula is C52H35N3. The maximum atomic E-state index is 5.54. The summed E-state index contributed by atoms with van der Waals surface area (Å²) >= 11 is 0. The molecule has 8 aromatic carbocycles. The van der Waals surface area contributed by atoms with E-state index in [9.17, 15) is 0 Å². The number of hydrogen-bond acceptors (Lipinski definition) is 3. The Morgan fingerprint density at radius 1 is 0.309 bits per heavy atom. The molecule has 0 radical (unpaired) electrons. The second-order valence-corrected chi connectivity index (χ2v) is 13.8. The molecule has 0 saturated heterocycles. The number of pyridine rings is 2. The number of hydrogen-bond donors (Lipinski definition) is 0. The van der Waals surface area contributed by atoms with Gasteiger partial charge in [-0.05, 0) is 76.5 Å². The van der Waals surface area contributed by atoms with E-state index in [4.69, 9.17) is 9.97 Å². The summed E-state index contributed by atoms with van der Waals surface area (Å²) in [7, 11) is 0. The summed E-state index contributed by atoms with van der Waals surface area (Å²) in [6, 6.07) is 75.0. The molecule has 258 valence electrons. The van der Waals surface area contributed by atoms with Gasteiger partial charge in [0.15, 0.2) is 0 Å². The second kappa shape index (κ2) is 13.9. The van der Waals surface area contributed by atoms with Gasteiger partial charge >= 0.3 is 0 Å². The maximum Gasteiger partial charge on any atom is 0.0788 e. The first-order chi connectivity index (χ1) is 27.3. The summed E-state index contributed by atoms with van der Waals surface area (Å²) in [5.74, 6) is 0. The molecule has 10 rings (SSSR count). The van der Waals surface area contributed by atoms with E-state index in [-0.39, 0.29) is 0 Å². The summed E-state index contributed by atoms with van der Waals surface area (Å²) in [5.41, 5.74) is 12.5. The Hall–Kier alpha value is -7.36. The van der Waals surface area contributed by atoms with Crippen molar-refractivity contribution in [3.63, 3.8) is 0 Å². The molecule has 55 heavy (non-hydrogen) atoms. The number of para-hydroxylation sites is 2. The monoisotopic (exact) mass is 701 g/mol.